The number of pyridine rings is 1. The first-order valence-electron chi connectivity index (χ1n) is 6.32. The van der Waals surface area contributed by atoms with Gasteiger partial charge in [-0.25, -0.2) is 0 Å². The first-order valence-corrected chi connectivity index (χ1v) is 6.32. The molecule has 0 bridgehead atoms. The molecule has 4 heteroatoms. The number of benzene rings is 1. The van der Waals surface area contributed by atoms with Crippen LogP contribution in [0, 0.1) is 0 Å². The second kappa shape index (κ2) is 6.61. The summed E-state index contributed by atoms with van der Waals surface area (Å²) < 4.78 is 5.03. The number of methoxy groups -OCH3 is 1. The lowest BCUT2D eigenvalue weighted by molar-refractivity contribution is 0.0915. The van der Waals surface area contributed by atoms with E-state index in [0.717, 1.165) is 0 Å². The summed E-state index contributed by atoms with van der Waals surface area (Å²) in [7, 11) is 1.57. The van der Waals surface area contributed by atoms with E-state index < -0.39 is 0 Å². The molecule has 0 atom stereocenters. The second-order valence-electron chi connectivity index (χ2n) is 4.29. The van der Waals surface area contributed by atoms with Gasteiger partial charge in [0.15, 0.2) is 11.6 Å². The molecule has 0 aliphatic heterocycles. The largest absolute Gasteiger partial charge is 0.497 e. The Hall–Kier alpha value is -2.49. The summed E-state index contributed by atoms with van der Waals surface area (Å²) in [6.07, 6.45) is 1.92. The van der Waals surface area contributed by atoms with Crippen molar-refractivity contribution in [3.8, 4) is 5.75 Å². The lowest BCUT2D eigenvalue weighted by Crippen LogP contribution is -2.06. The zero-order chi connectivity index (χ0) is 14.4. The minimum absolute atomic E-state index is 0.0584. The van der Waals surface area contributed by atoms with E-state index >= 15 is 0 Å². The highest BCUT2D eigenvalue weighted by Gasteiger charge is 2.11. The third kappa shape index (κ3) is 3.51. The molecule has 0 aliphatic rings. The van der Waals surface area contributed by atoms with E-state index in [-0.39, 0.29) is 24.4 Å². The van der Waals surface area contributed by atoms with Crippen LogP contribution in [0.1, 0.15) is 33.7 Å². The standard InChI is InChI=1S/C16H15NO3/c1-20-13-7-5-12(6-8-13)15(18)9-10-16(19)14-4-2-3-11-17-14/h2-8,11H,9-10H2,1H3. The summed E-state index contributed by atoms with van der Waals surface area (Å²) in [6, 6.07) is 12.0. The molecule has 1 heterocycles. The van der Waals surface area contributed by atoms with Crippen LogP contribution in [0.2, 0.25) is 0 Å². The van der Waals surface area contributed by atoms with Gasteiger partial charge in [0.05, 0.1) is 7.11 Å². The van der Waals surface area contributed by atoms with E-state index in [4.69, 9.17) is 4.74 Å². The molecule has 0 N–H and O–H groups in total. The zero-order valence-electron chi connectivity index (χ0n) is 11.2. The normalized spacial score (nSPS) is 10.1. The Morgan fingerprint density at radius 2 is 1.70 bits per heavy atom. The monoisotopic (exact) mass is 269 g/mol. The van der Waals surface area contributed by atoms with Crippen molar-refractivity contribution < 1.29 is 14.3 Å². The van der Waals surface area contributed by atoms with Gasteiger partial charge in [0, 0.05) is 24.6 Å². The van der Waals surface area contributed by atoms with Crippen LogP contribution in [-0.4, -0.2) is 23.7 Å². The van der Waals surface area contributed by atoms with Gasteiger partial charge in [-0.05, 0) is 36.4 Å². The van der Waals surface area contributed by atoms with Crippen LogP contribution < -0.4 is 4.74 Å². The molecule has 0 aliphatic carbocycles. The number of ketones is 2. The number of carbonyl (C=O) groups excluding carboxylic acids is 2. The van der Waals surface area contributed by atoms with Gasteiger partial charge in [0.1, 0.15) is 11.4 Å². The molecule has 4 nitrogen and oxygen atoms in total. The number of nitrogens with zero attached hydrogens (tertiary/aromatic N) is 1. The average Bonchev–Trinajstić information content (AvgIpc) is 2.53. The average molecular weight is 269 g/mol. The summed E-state index contributed by atoms with van der Waals surface area (Å²) in [5.74, 6) is 0.524. The third-order valence-corrected chi connectivity index (χ3v) is 2.94. The molecule has 0 radical (unpaired) electrons. The Kier molecular flexibility index (Phi) is 4.60. The van der Waals surface area contributed by atoms with Crippen molar-refractivity contribution in [1.29, 1.82) is 0 Å². The topological polar surface area (TPSA) is 56.3 Å². The first kappa shape index (κ1) is 13.9. The van der Waals surface area contributed by atoms with Crippen molar-refractivity contribution in [2.75, 3.05) is 7.11 Å². The maximum atomic E-state index is 12.0. The molecule has 0 fully saturated rings. The zero-order valence-corrected chi connectivity index (χ0v) is 11.2. The van der Waals surface area contributed by atoms with Gasteiger partial charge in [0.25, 0.3) is 0 Å². The Morgan fingerprint density at radius 1 is 1.00 bits per heavy atom. The van der Waals surface area contributed by atoms with E-state index in [2.05, 4.69) is 4.98 Å². The number of hydrogen-bond donors (Lipinski definition) is 0. The number of rotatable bonds is 6. The highest BCUT2D eigenvalue weighted by atomic mass is 16.5. The predicted octanol–water partition coefficient (Wildman–Crippen LogP) is 2.94. The number of Topliss-reactive ketones (excluding diaryl/α,β-unsaturated/α-hetero) is 2. The molecule has 2 aromatic rings. The van der Waals surface area contributed by atoms with Gasteiger partial charge in [0.2, 0.25) is 0 Å². The van der Waals surface area contributed by atoms with Crippen molar-refractivity contribution in [3.05, 3.63) is 59.9 Å². The van der Waals surface area contributed by atoms with Crippen molar-refractivity contribution >= 4 is 11.6 Å². The van der Waals surface area contributed by atoms with Crippen LogP contribution >= 0.6 is 0 Å². The van der Waals surface area contributed by atoms with Crippen molar-refractivity contribution in [2.45, 2.75) is 12.8 Å². The van der Waals surface area contributed by atoms with E-state index in [1.54, 1.807) is 55.8 Å². The van der Waals surface area contributed by atoms with Crippen LogP contribution in [0.5, 0.6) is 5.75 Å². The maximum absolute atomic E-state index is 12.0. The fourth-order valence-corrected chi connectivity index (χ4v) is 1.80. The van der Waals surface area contributed by atoms with E-state index in [0.29, 0.717) is 17.0 Å². The molecule has 2 rings (SSSR count). The summed E-state index contributed by atoms with van der Waals surface area (Å²) in [4.78, 5) is 27.8. The third-order valence-electron chi connectivity index (χ3n) is 2.94. The van der Waals surface area contributed by atoms with Crippen LogP contribution in [0.3, 0.4) is 0 Å². The van der Waals surface area contributed by atoms with Gasteiger partial charge in [-0.3, -0.25) is 14.6 Å². The lowest BCUT2D eigenvalue weighted by Gasteiger charge is -2.03. The van der Waals surface area contributed by atoms with Crippen molar-refractivity contribution in [1.82, 2.24) is 4.98 Å². The summed E-state index contributed by atoms with van der Waals surface area (Å²) in [5.41, 5.74) is 0.981. The summed E-state index contributed by atoms with van der Waals surface area (Å²) in [6.45, 7) is 0. The van der Waals surface area contributed by atoms with Gasteiger partial charge in [-0.2, -0.15) is 0 Å². The first-order chi connectivity index (χ1) is 9.70. The molecule has 102 valence electrons. The minimum Gasteiger partial charge on any atom is -0.497 e. The second-order valence-corrected chi connectivity index (χ2v) is 4.29. The highest BCUT2D eigenvalue weighted by molar-refractivity contribution is 6.01. The van der Waals surface area contributed by atoms with Crippen LogP contribution in [0.4, 0.5) is 0 Å². The highest BCUT2D eigenvalue weighted by Crippen LogP contribution is 2.14. The number of aromatic nitrogens is 1. The Morgan fingerprint density at radius 3 is 2.30 bits per heavy atom. The SMILES string of the molecule is COc1ccc(C(=O)CCC(=O)c2ccccn2)cc1. The summed E-state index contributed by atoms with van der Waals surface area (Å²) in [5, 5.41) is 0. The number of ether oxygens (including phenoxy) is 1. The van der Waals surface area contributed by atoms with Crippen LogP contribution in [0.15, 0.2) is 48.7 Å². The molecule has 0 saturated carbocycles. The van der Waals surface area contributed by atoms with Crippen molar-refractivity contribution in [2.24, 2.45) is 0 Å². The van der Waals surface area contributed by atoms with Gasteiger partial charge in [-0.15, -0.1) is 0 Å². The summed E-state index contributed by atoms with van der Waals surface area (Å²) >= 11 is 0. The maximum Gasteiger partial charge on any atom is 0.181 e. The number of carbonyl (C=O) groups is 2. The molecule has 0 unspecified atom stereocenters. The van der Waals surface area contributed by atoms with E-state index in [1.807, 2.05) is 0 Å². The molecular formula is C16H15NO3. The lowest BCUT2D eigenvalue weighted by atomic mass is 10.0. The van der Waals surface area contributed by atoms with Crippen LogP contribution in [-0.2, 0) is 0 Å². The molecule has 0 saturated heterocycles. The molecule has 0 spiro atoms. The van der Waals surface area contributed by atoms with Gasteiger partial charge >= 0.3 is 0 Å². The Labute approximate surface area is 117 Å². The predicted molar refractivity (Wildman–Crippen MR) is 75.1 cm³/mol. The molecule has 0 amide bonds. The van der Waals surface area contributed by atoms with Gasteiger partial charge in [-0.1, -0.05) is 6.07 Å². The molecule has 1 aromatic heterocycles. The quantitative estimate of drug-likeness (QED) is 0.756. The number of hydrogen-bond acceptors (Lipinski definition) is 4. The molecular weight excluding hydrogens is 254 g/mol. The fourth-order valence-electron chi connectivity index (χ4n) is 1.80. The molecule has 20 heavy (non-hydrogen) atoms. The van der Waals surface area contributed by atoms with E-state index in [9.17, 15) is 9.59 Å². The van der Waals surface area contributed by atoms with Crippen molar-refractivity contribution in [3.63, 3.8) is 0 Å². The minimum atomic E-state index is -0.118. The van der Waals surface area contributed by atoms with Crippen LogP contribution in [0.25, 0.3) is 0 Å². The molecule has 1 aromatic carbocycles. The smallest absolute Gasteiger partial charge is 0.181 e. The Balaban J connectivity index is 1.93. The van der Waals surface area contributed by atoms with E-state index in [1.165, 1.54) is 0 Å². The fraction of sp³-hybridized carbons (Fsp3) is 0.188. The van der Waals surface area contributed by atoms with Gasteiger partial charge < -0.3 is 4.74 Å². The Bertz CT molecular complexity index is 591.